The van der Waals surface area contributed by atoms with Crippen molar-refractivity contribution in [2.24, 2.45) is 5.92 Å². The number of rotatable bonds is 4. The van der Waals surface area contributed by atoms with E-state index in [4.69, 9.17) is 0 Å². The molecule has 0 radical (unpaired) electrons. The van der Waals surface area contributed by atoms with Crippen molar-refractivity contribution in [2.75, 3.05) is 0 Å². The van der Waals surface area contributed by atoms with Gasteiger partial charge in [-0.25, -0.2) is 0 Å². The average Bonchev–Trinajstić information content (AvgIpc) is 2.42. The van der Waals surface area contributed by atoms with Crippen LogP contribution in [0.2, 0.25) is 0 Å². The van der Waals surface area contributed by atoms with E-state index in [9.17, 15) is 5.11 Å². The van der Waals surface area contributed by atoms with Gasteiger partial charge in [-0.3, -0.25) is 0 Å². The quantitative estimate of drug-likeness (QED) is 0.597. The molecule has 1 nitrogen and oxygen atoms in total. The fraction of sp³-hybridized carbons (Fsp3) is 1.00. The van der Waals surface area contributed by atoms with Crippen molar-refractivity contribution < 1.29 is 5.11 Å². The van der Waals surface area contributed by atoms with Crippen molar-refractivity contribution in [1.29, 1.82) is 0 Å². The minimum Gasteiger partial charge on any atom is -0.390 e. The van der Waals surface area contributed by atoms with E-state index in [0.717, 1.165) is 12.8 Å². The summed E-state index contributed by atoms with van der Waals surface area (Å²) in [6, 6.07) is 0. The summed E-state index contributed by atoms with van der Waals surface area (Å²) in [6.07, 6.45) is 5.80. The van der Waals surface area contributed by atoms with Crippen LogP contribution in [0.4, 0.5) is 0 Å². The summed E-state index contributed by atoms with van der Waals surface area (Å²) in [5.74, 6) is 0.573. The van der Waals surface area contributed by atoms with Crippen molar-refractivity contribution in [2.45, 2.75) is 51.6 Å². The van der Waals surface area contributed by atoms with Crippen LogP contribution in [-0.2, 0) is 0 Å². The Kier molecular flexibility index (Phi) is 2.35. The van der Waals surface area contributed by atoms with E-state index in [1.54, 1.807) is 0 Å². The predicted molar refractivity (Wildman–Crippen MR) is 42.9 cm³/mol. The molecule has 0 spiro atoms. The molecular formula is C9H18O. The molecule has 0 aliphatic heterocycles. The third kappa shape index (κ3) is 1.72. The number of unbranched alkanes of at least 4 members (excludes halogenated alkanes) is 2. The molecule has 1 unspecified atom stereocenters. The highest BCUT2D eigenvalue weighted by molar-refractivity contribution is 5.00. The summed E-state index contributed by atoms with van der Waals surface area (Å²) >= 11 is 0. The lowest BCUT2D eigenvalue weighted by Gasteiger charge is -2.06. The fourth-order valence-corrected chi connectivity index (χ4v) is 1.50. The summed E-state index contributed by atoms with van der Waals surface area (Å²) in [7, 11) is 0. The van der Waals surface area contributed by atoms with Gasteiger partial charge in [0.05, 0.1) is 5.60 Å². The molecule has 1 N–H and O–H groups in total. The molecule has 0 aromatic rings. The van der Waals surface area contributed by atoms with E-state index >= 15 is 0 Å². The van der Waals surface area contributed by atoms with E-state index < -0.39 is 0 Å². The Hall–Kier alpha value is -0.0400. The molecule has 1 fully saturated rings. The molecule has 0 heterocycles. The van der Waals surface area contributed by atoms with Crippen LogP contribution in [0.1, 0.15) is 46.0 Å². The summed E-state index contributed by atoms with van der Waals surface area (Å²) in [5.41, 5.74) is -0.241. The SMILES string of the molecule is CCCCC[C@@]1(O)CC1C. The Labute approximate surface area is 63.4 Å². The first kappa shape index (κ1) is 8.06. The van der Waals surface area contributed by atoms with Gasteiger partial charge in [0.2, 0.25) is 0 Å². The minimum atomic E-state index is -0.241. The van der Waals surface area contributed by atoms with E-state index in [1.807, 2.05) is 0 Å². The second kappa shape index (κ2) is 2.91. The van der Waals surface area contributed by atoms with Gasteiger partial charge in [0.15, 0.2) is 0 Å². The zero-order chi connectivity index (χ0) is 7.61. The summed E-state index contributed by atoms with van der Waals surface area (Å²) in [4.78, 5) is 0. The lowest BCUT2D eigenvalue weighted by molar-refractivity contribution is 0.121. The van der Waals surface area contributed by atoms with Crippen molar-refractivity contribution in [3.63, 3.8) is 0 Å². The molecule has 10 heavy (non-hydrogen) atoms. The molecular weight excluding hydrogens is 124 g/mol. The molecule has 1 heteroatoms. The third-order valence-corrected chi connectivity index (χ3v) is 2.63. The van der Waals surface area contributed by atoms with Gasteiger partial charge in [0, 0.05) is 0 Å². The van der Waals surface area contributed by atoms with Gasteiger partial charge in [-0.2, -0.15) is 0 Å². The lowest BCUT2D eigenvalue weighted by Crippen LogP contribution is -2.08. The lowest BCUT2D eigenvalue weighted by atomic mass is 10.1. The molecule has 0 bridgehead atoms. The van der Waals surface area contributed by atoms with Gasteiger partial charge < -0.3 is 5.11 Å². The maximum Gasteiger partial charge on any atom is 0.0677 e. The van der Waals surface area contributed by atoms with Gasteiger partial charge in [-0.05, 0) is 18.8 Å². The standard InChI is InChI=1S/C9H18O/c1-3-4-5-6-9(10)7-8(9)2/h8,10H,3-7H2,1-2H3/t8?,9-/m1/s1. The maximum absolute atomic E-state index is 9.62. The van der Waals surface area contributed by atoms with E-state index in [-0.39, 0.29) is 5.60 Å². The summed E-state index contributed by atoms with van der Waals surface area (Å²) in [6.45, 7) is 4.33. The smallest absolute Gasteiger partial charge is 0.0677 e. The highest BCUT2D eigenvalue weighted by Gasteiger charge is 2.48. The fourth-order valence-electron chi connectivity index (χ4n) is 1.50. The van der Waals surface area contributed by atoms with Crippen molar-refractivity contribution >= 4 is 0 Å². The molecule has 60 valence electrons. The first-order valence-corrected chi connectivity index (χ1v) is 4.41. The molecule has 1 rings (SSSR count). The van der Waals surface area contributed by atoms with Gasteiger partial charge >= 0.3 is 0 Å². The van der Waals surface area contributed by atoms with Crippen LogP contribution >= 0.6 is 0 Å². The summed E-state index contributed by atoms with van der Waals surface area (Å²) in [5, 5.41) is 9.62. The first-order valence-electron chi connectivity index (χ1n) is 4.41. The van der Waals surface area contributed by atoms with Crippen molar-refractivity contribution in [3.8, 4) is 0 Å². The largest absolute Gasteiger partial charge is 0.390 e. The second-order valence-electron chi connectivity index (χ2n) is 3.67. The minimum absolute atomic E-state index is 0.241. The van der Waals surface area contributed by atoms with Gasteiger partial charge in [0.1, 0.15) is 0 Å². The Balaban J connectivity index is 2.03. The zero-order valence-electron chi connectivity index (χ0n) is 7.06. The Morgan fingerprint density at radius 2 is 2.10 bits per heavy atom. The molecule has 0 aromatic heterocycles. The summed E-state index contributed by atoms with van der Waals surface area (Å²) < 4.78 is 0. The van der Waals surface area contributed by atoms with E-state index in [0.29, 0.717) is 5.92 Å². The third-order valence-electron chi connectivity index (χ3n) is 2.63. The van der Waals surface area contributed by atoms with Crippen LogP contribution in [0, 0.1) is 5.92 Å². The maximum atomic E-state index is 9.62. The Morgan fingerprint density at radius 3 is 2.50 bits per heavy atom. The highest BCUT2D eigenvalue weighted by atomic mass is 16.3. The molecule has 1 aliphatic carbocycles. The van der Waals surface area contributed by atoms with Crippen LogP contribution in [-0.4, -0.2) is 10.7 Å². The van der Waals surface area contributed by atoms with Crippen LogP contribution in [0.15, 0.2) is 0 Å². The van der Waals surface area contributed by atoms with Gasteiger partial charge in [-0.1, -0.05) is 33.1 Å². The van der Waals surface area contributed by atoms with Crippen LogP contribution in [0.3, 0.4) is 0 Å². The molecule has 2 atom stereocenters. The van der Waals surface area contributed by atoms with Crippen LogP contribution < -0.4 is 0 Å². The van der Waals surface area contributed by atoms with Crippen LogP contribution in [0.5, 0.6) is 0 Å². The highest BCUT2D eigenvalue weighted by Crippen LogP contribution is 2.46. The number of aliphatic hydroxyl groups is 1. The van der Waals surface area contributed by atoms with Gasteiger partial charge in [-0.15, -0.1) is 0 Å². The first-order chi connectivity index (χ1) is 4.69. The Morgan fingerprint density at radius 1 is 1.50 bits per heavy atom. The van der Waals surface area contributed by atoms with Crippen LogP contribution in [0.25, 0.3) is 0 Å². The number of hydrogen-bond acceptors (Lipinski definition) is 1. The topological polar surface area (TPSA) is 20.2 Å². The second-order valence-corrected chi connectivity index (χ2v) is 3.67. The molecule has 0 saturated heterocycles. The Bertz CT molecular complexity index is 111. The average molecular weight is 142 g/mol. The van der Waals surface area contributed by atoms with Crippen molar-refractivity contribution in [3.05, 3.63) is 0 Å². The number of hydrogen-bond donors (Lipinski definition) is 1. The molecule has 1 aliphatic rings. The van der Waals surface area contributed by atoms with E-state index in [2.05, 4.69) is 13.8 Å². The van der Waals surface area contributed by atoms with Gasteiger partial charge in [0.25, 0.3) is 0 Å². The van der Waals surface area contributed by atoms with E-state index in [1.165, 1.54) is 19.3 Å². The zero-order valence-corrected chi connectivity index (χ0v) is 7.06. The predicted octanol–water partition coefficient (Wildman–Crippen LogP) is 2.34. The molecule has 0 amide bonds. The molecule has 0 aromatic carbocycles. The molecule has 1 saturated carbocycles. The van der Waals surface area contributed by atoms with Crippen molar-refractivity contribution in [1.82, 2.24) is 0 Å². The normalized spacial score (nSPS) is 38.1. The monoisotopic (exact) mass is 142 g/mol.